The van der Waals surface area contributed by atoms with Crippen molar-refractivity contribution in [2.24, 2.45) is 0 Å². The second-order valence-electron chi connectivity index (χ2n) is 5.24. The first kappa shape index (κ1) is 15.7. The lowest BCUT2D eigenvalue weighted by Gasteiger charge is -2.16. The molecule has 2 aliphatic rings. The molecule has 0 aliphatic carbocycles. The molecule has 0 saturated carbocycles. The molecule has 0 bridgehead atoms. The van der Waals surface area contributed by atoms with Crippen molar-refractivity contribution in [3.63, 3.8) is 0 Å². The Kier molecular flexibility index (Phi) is 4.42. The van der Waals surface area contributed by atoms with E-state index < -0.39 is 12.2 Å². The van der Waals surface area contributed by atoms with Crippen LogP contribution in [0, 0.1) is 5.82 Å². The number of benzene rings is 1. The molecule has 1 saturated heterocycles. The maximum atomic E-state index is 14.3. The molecule has 23 heavy (non-hydrogen) atoms. The molecular weight excluding hydrogens is 321 g/mol. The van der Waals surface area contributed by atoms with Crippen molar-refractivity contribution in [1.82, 2.24) is 10.6 Å². The summed E-state index contributed by atoms with van der Waals surface area (Å²) in [6, 6.07) is 4.69. The molecule has 2 N–H and O–H groups in total. The molecule has 1 aromatic carbocycles. The van der Waals surface area contributed by atoms with Crippen molar-refractivity contribution >= 4 is 29.4 Å². The number of nitrogens with one attached hydrogen (secondary N) is 2. The number of halogens is 1. The fourth-order valence-electron chi connectivity index (χ4n) is 2.44. The van der Waals surface area contributed by atoms with E-state index in [4.69, 9.17) is 4.74 Å². The summed E-state index contributed by atoms with van der Waals surface area (Å²) in [5.74, 6) is -0.570. The Balaban J connectivity index is 1.70. The molecule has 1 unspecified atom stereocenters. The van der Waals surface area contributed by atoms with Gasteiger partial charge in [0, 0.05) is 18.7 Å². The topological polar surface area (TPSA) is 70.7 Å². The Morgan fingerprint density at radius 3 is 3.04 bits per heavy atom. The lowest BCUT2D eigenvalue weighted by atomic mass is 10.1. The minimum atomic E-state index is -0.539. The van der Waals surface area contributed by atoms with E-state index in [0.717, 1.165) is 0 Å². The molecule has 2 amide bonds. The molecule has 6 nitrogen and oxygen atoms in total. The van der Waals surface area contributed by atoms with Gasteiger partial charge < -0.3 is 15.4 Å². The Morgan fingerprint density at radius 1 is 1.57 bits per heavy atom. The number of carbonyl (C=O) groups excluding carboxylic acids is 2. The maximum absolute atomic E-state index is 14.3. The lowest BCUT2D eigenvalue weighted by Crippen LogP contribution is -2.33. The Hall–Kier alpha value is -2.22. The van der Waals surface area contributed by atoms with Crippen LogP contribution in [0.4, 0.5) is 14.9 Å². The van der Waals surface area contributed by atoms with Crippen LogP contribution in [-0.4, -0.2) is 31.2 Å². The molecule has 8 heteroatoms. The monoisotopic (exact) mass is 337 g/mol. The zero-order valence-corrected chi connectivity index (χ0v) is 13.2. The average molecular weight is 337 g/mol. The highest BCUT2D eigenvalue weighted by molar-refractivity contribution is 8.02. The smallest absolute Gasteiger partial charge is 0.414 e. The van der Waals surface area contributed by atoms with Gasteiger partial charge in [0.1, 0.15) is 17.3 Å². The Labute approximate surface area is 137 Å². The number of rotatable bonds is 4. The standard InChI is InChI=1S/C15H16FN3O3S/c1-9(20)18-7-11-8-19(15(21)22-11)10-2-3-12(13(16)6-10)14-17-4-5-23-14/h2-6,11,14,17H,7-8H2,1H3,(H,18,20)/t11-,14?/m0/s1. The first-order chi connectivity index (χ1) is 11.0. The van der Waals surface area contributed by atoms with Crippen LogP contribution in [-0.2, 0) is 9.53 Å². The van der Waals surface area contributed by atoms with Crippen molar-refractivity contribution in [1.29, 1.82) is 0 Å². The average Bonchev–Trinajstić information content (AvgIpc) is 3.14. The van der Waals surface area contributed by atoms with Crippen LogP contribution in [0.3, 0.4) is 0 Å². The van der Waals surface area contributed by atoms with Crippen LogP contribution in [0.1, 0.15) is 17.9 Å². The summed E-state index contributed by atoms with van der Waals surface area (Å²) >= 11 is 1.48. The van der Waals surface area contributed by atoms with Gasteiger partial charge in [0.15, 0.2) is 0 Å². The largest absolute Gasteiger partial charge is 0.442 e. The van der Waals surface area contributed by atoms with Crippen LogP contribution in [0.25, 0.3) is 0 Å². The SMILES string of the molecule is CC(=O)NC[C@H]1CN(c2ccc(C3NC=CS3)c(F)c2)C(=O)O1. The summed E-state index contributed by atoms with van der Waals surface area (Å²) in [6.07, 6.45) is 0.792. The van der Waals surface area contributed by atoms with E-state index in [2.05, 4.69) is 10.6 Å². The molecule has 0 spiro atoms. The molecule has 3 rings (SSSR count). The van der Waals surface area contributed by atoms with Gasteiger partial charge in [-0.3, -0.25) is 9.69 Å². The molecule has 2 atom stereocenters. The van der Waals surface area contributed by atoms with E-state index in [1.165, 1.54) is 29.7 Å². The van der Waals surface area contributed by atoms with Gasteiger partial charge in [0.25, 0.3) is 0 Å². The summed E-state index contributed by atoms with van der Waals surface area (Å²) in [4.78, 5) is 24.2. The number of hydrogen-bond acceptors (Lipinski definition) is 5. The minimum Gasteiger partial charge on any atom is -0.442 e. The highest BCUT2D eigenvalue weighted by Gasteiger charge is 2.33. The summed E-state index contributed by atoms with van der Waals surface area (Å²) in [7, 11) is 0. The molecule has 122 valence electrons. The molecular formula is C15H16FN3O3S. The highest BCUT2D eigenvalue weighted by atomic mass is 32.2. The Morgan fingerprint density at radius 2 is 2.39 bits per heavy atom. The minimum absolute atomic E-state index is 0.151. The van der Waals surface area contributed by atoms with Crippen molar-refractivity contribution < 1.29 is 18.7 Å². The molecule has 1 aromatic rings. The van der Waals surface area contributed by atoms with Crippen molar-refractivity contribution in [3.8, 4) is 0 Å². The predicted molar refractivity (Wildman–Crippen MR) is 85.3 cm³/mol. The number of amides is 2. The summed E-state index contributed by atoms with van der Waals surface area (Å²) < 4.78 is 19.5. The first-order valence-corrected chi connectivity index (χ1v) is 8.07. The quantitative estimate of drug-likeness (QED) is 0.880. The van der Waals surface area contributed by atoms with E-state index in [9.17, 15) is 14.0 Å². The van der Waals surface area contributed by atoms with Crippen LogP contribution in [0.5, 0.6) is 0 Å². The van der Waals surface area contributed by atoms with Crippen LogP contribution >= 0.6 is 11.8 Å². The number of cyclic esters (lactones) is 1. The van der Waals surface area contributed by atoms with E-state index in [-0.39, 0.29) is 30.2 Å². The van der Waals surface area contributed by atoms with E-state index >= 15 is 0 Å². The van der Waals surface area contributed by atoms with Gasteiger partial charge in [-0.05, 0) is 17.5 Å². The lowest BCUT2D eigenvalue weighted by molar-refractivity contribution is -0.119. The number of anilines is 1. The van der Waals surface area contributed by atoms with Gasteiger partial charge in [-0.2, -0.15) is 0 Å². The second-order valence-corrected chi connectivity index (χ2v) is 6.26. The molecule has 1 fully saturated rings. The fraction of sp³-hybridized carbons (Fsp3) is 0.333. The highest BCUT2D eigenvalue weighted by Crippen LogP contribution is 2.34. The number of hydrogen-bond donors (Lipinski definition) is 2. The van der Waals surface area contributed by atoms with Crippen molar-refractivity contribution in [2.45, 2.75) is 18.4 Å². The summed E-state index contributed by atoms with van der Waals surface area (Å²) in [5, 5.41) is 7.36. The van der Waals surface area contributed by atoms with E-state index in [1.807, 2.05) is 5.41 Å². The summed E-state index contributed by atoms with van der Waals surface area (Å²) in [6.45, 7) is 1.91. The fourth-order valence-corrected chi connectivity index (χ4v) is 3.25. The van der Waals surface area contributed by atoms with Gasteiger partial charge in [-0.15, -0.1) is 11.8 Å². The van der Waals surface area contributed by atoms with E-state index in [0.29, 0.717) is 11.3 Å². The Bertz CT molecular complexity index is 659. The van der Waals surface area contributed by atoms with Gasteiger partial charge in [-0.25, -0.2) is 9.18 Å². The van der Waals surface area contributed by atoms with Gasteiger partial charge >= 0.3 is 6.09 Å². The first-order valence-electron chi connectivity index (χ1n) is 7.13. The third kappa shape index (κ3) is 3.42. The third-order valence-corrected chi connectivity index (χ3v) is 4.52. The van der Waals surface area contributed by atoms with Crippen molar-refractivity contribution in [2.75, 3.05) is 18.0 Å². The van der Waals surface area contributed by atoms with Crippen molar-refractivity contribution in [3.05, 3.63) is 41.2 Å². The molecule has 2 aliphatic heterocycles. The van der Waals surface area contributed by atoms with Crippen LogP contribution in [0.2, 0.25) is 0 Å². The summed E-state index contributed by atoms with van der Waals surface area (Å²) in [5.41, 5.74) is 0.976. The van der Waals surface area contributed by atoms with E-state index in [1.54, 1.807) is 18.3 Å². The van der Waals surface area contributed by atoms with Gasteiger partial charge in [-0.1, -0.05) is 6.07 Å². The second kappa shape index (κ2) is 6.49. The molecule has 2 heterocycles. The van der Waals surface area contributed by atoms with Gasteiger partial charge in [0.05, 0.1) is 18.8 Å². The zero-order chi connectivity index (χ0) is 16.4. The predicted octanol–water partition coefficient (Wildman–Crippen LogP) is 2.09. The number of carbonyl (C=O) groups is 2. The molecule has 0 radical (unpaired) electrons. The maximum Gasteiger partial charge on any atom is 0.414 e. The third-order valence-electron chi connectivity index (χ3n) is 3.56. The number of thioether (sulfide) groups is 1. The molecule has 0 aromatic heterocycles. The van der Waals surface area contributed by atoms with Crippen LogP contribution in [0.15, 0.2) is 29.8 Å². The van der Waals surface area contributed by atoms with Gasteiger partial charge in [0.2, 0.25) is 5.91 Å². The zero-order valence-electron chi connectivity index (χ0n) is 12.4. The number of ether oxygens (including phenoxy) is 1. The van der Waals surface area contributed by atoms with Crippen LogP contribution < -0.4 is 15.5 Å². The normalized spacial score (nSPS) is 22.9. The number of nitrogens with zero attached hydrogens (tertiary/aromatic N) is 1.